The summed E-state index contributed by atoms with van der Waals surface area (Å²) >= 11 is 0. The molecule has 84 valence electrons. The van der Waals surface area contributed by atoms with Gasteiger partial charge in [-0.3, -0.25) is 9.59 Å². The first-order valence-corrected chi connectivity index (χ1v) is 5.10. The van der Waals surface area contributed by atoms with Gasteiger partial charge in [-0.05, 0) is 12.8 Å². The van der Waals surface area contributed by atoms with Crippen LogP contribution in [0.3, 0.4) is 0 Å². The fourth-order valence-electron chi connectivity index (χ4n) is 1.42. The van der Waals surface area contributed by atoms with Gasteiger partial charge in [0, 0.05) is 26.1 Å². The molecule has 5 nitrogen and oxygen atoms in total. The molecule has 0 saturated carbocycles. The SMILES string of the molecule is [CH]C(=O)NCCC(=O)NCC1CCCO1. The van der Waals surface area contributed by atoms with E-state index < -0.39 is 5.91 Å². The van der Waals surface area contributed by atoms with E-state index in [1.54, 1.807) is 0 Å². The van der Waals surface area contributed by atoms with Crippen LogP contribution in [0.4, 0.5) is 0 Å². The number of nitrogens with one attached hydrogen (secondary N) is 2. The molecule has 2 amide bonds. The maximum atomic E-state index is 11.2. The van der Waals surface area contributed by atoms with Gasteiger partial charge in [0.15, 0.2) is 0 Å². The van der Waals surface area contributed by atoms with Gasteiger partial charge >= 0.3 is 0 Å². The minimum Gasteiger partial charge on any atom is -0.376 e. The topological polar surface area (TPSA) is 67.4 Å². The first-order valence-electron chi connectivity index (χ1n) is 5.10. The maximum Gasteiger partial charge on any atom is 0.224 e. The molecule has 0 aromatic heterocycles. The molecule has 1 aliphatic heterocycles. The Hall–Kier alpha value is -1.10. The van der Waals surface area contributed by atoms with Crippen molar-refractivity contribution in [2.24, 2.45) is 0 Å². The summed E-state index contributed by atoms with van der Waals surface area (Å²) in [7, 11) is 0. The molecule has 5 heteroatoms. The summed E-state index contributed by atoms with van der Waals surface area (Å²) in [5, 5.41) is 5.09. The smallest absolute Gasteiger partial charge is 0.224 e. The van der Waals surface area contributed by atoms with Crippen molar-refractivity contribution in [1.29, 1.82) is 0 Å². The van der Waals surface area contributed by atoms with Gasteiger partial charge in [-0.15, -0.1) is 0 Å². The van der Waals surface area contributed by atoms with E-state index in [0.29, 0.717) is 6.54 Å². The molecule has 0 aromatic rings. The van der Waals surface area contributed by atoms with Crippen molar-refractivity contribution in [3.63, 3.8) is 0 Å². The van der Waals surface area contributed by atoms with Gasteiger partial charge in [0.1, 0.15) is 0 Å². The van der Waals surface area contributed by atoms with E-state index in [9.17, 15) is 9.59 Å². The van der Waals surface area contributed by atoms with Crippen molar-refractivity contribution in [2.45, 2.75) is 25.4 Å². The van der Waals surface area contributed by atoms with Crippen LogP contribution < -0.4 is 10.6 Å². The molecule has 0 aromatic carbocycles. The van der Waals surface area contributed by atoms with Crippen LogP contribution in [0.15, 0.2) is 0 Å². The molecule has 1 unspecified atom stereocenters. The quantitative estimate of drug-likeness (QED) is 0.645. The van der Waals surface area contributed by atoms with E-state index in [-0.39, 0.29) is 25.0 Å². The average molecular weight is 212 g/mol. The summed E-state index contributed by atoms with van der Waals surface area (Å²) in [6.45, 7) is 6.45. The number of carbonyl (C=O) groups excluding carboxylic acids is 2. The molecule has 1 aliphatic rings. The van der Waals surface area contributed by atoms with E-state index in [1.807, 2.05) is 0 Å². The number of carbonyl (C=O) groups is 2. The molecule has 0 bridgehead atoms. The molecule has 0 spiro atoms. The first kappa shape index (κ1) is 12.0. The Balaban J connectivity index is 2.00. The predicted octanol–water partition coefficient (Wildman–Crippen LogP) is -0.501. The first-order chi connectivity index (χ1) is 7.18. The Labute approximate surface area is 89.6 Å². The Morgan fingerprint density at radius 2 is 2.20 bits per heavy atom. The highest BCUT2D eigenvalue weighted by molar-refractivity contribution is 5.81. The molecule has 1 fully saturated rings. The third-order valence-corrected chi connectivity index (χ3v) is 2.20. The Morgan fingerprint density at radius 1 is 1.40 bits per heavy atom. The lowest BCUT2D eigenvalue weighted by Crippen LogP contribution is -2.34. The van der Waals surface area contributed by atoms with Crippen LogP contribution >= 0.6 is 0 Å². The van der Waals surface area contributed by atoms with Gasteiger partial charge in [-0.2, -0.15) is 0 Å². The van der Waals surface area contributed by atoms with Gasteiger partial charge < -0.3 is 15.4 Å². The summed E-state index contributed by atoms with van der Waals surface area (Å²) in [5.74, 6) is -0.707. The molecule has 2 radical (unpaired) electrons. The lowest BCUT2D eigenvalue weighted by molar-refractivity contribution is -0.121. The monoisotopic (exact) mass is 212 g/mol. The fourth-order valence-corrected chi connectivity index (χ4v) is 1.42. The zero-order valence-electron chi connectivity index (χ0n) is 8.62. The molecule has 2 N–H and O–H groups in total. The zero-order valence-corrected chi connectivity index (χ0v) is 8.62. The minimum atomic E-state index is -0.609. The lowest BCUT2D eigenvalue weighted by Gasteiger charge is -2.10. The van der Waals surface area contributed by atoms with Crippen LogP contribution in [0, 0.1) is 6.92 Å². The van der Waals surface area contributed by atoms with Crippen LogP contribution in [0.5, 0.6) is 0 Å². The Kier molecular flexibility index (Phi) is 5.10. The summed E-state index contributed by atoms with van der Waals surface area (Å²) in [6.07, 6.45) is 2.46. The summed E-state index contributed by atoms with van der Waals surface area (Å²) in [5.41, 5.74) is 0. The van der Waals surface area contributed by atoms with Crippen molar-refractivity contribution in [3.8, 4) is 0 Å². The second-order valence-corrected chi connectivity index (χ2v) is 3.48. The van der Waals surface area contributed by atoms with Crippen molar-refractivity contribution in [3.05, 3.63) is 6.92 Å². The molecule has 1 rings (SSSR count). The number of ether oxygens (including phenoxy) is 1. The van der Waals surface area contributed by atoms with Crippen LogP contribution in [0.25, 0.3) is 0 Å². The highest BCUT2D eigenvalue weighted by atomic mass is 16.5. The van der Waals surface area contributed by atoms with Crippen molar-refractivity contribution < 1.29 is 14.3 Å². The van der Waals surface area contributed by atoms with Crippen LogP contribution in [-0.2, 0) is 14.3 Å². The fraction of sp³-hybridized carbons (Fsp3) is 0.700. The second kappa shape index (κ2) is 6.40. The molecular weight excluding hydrogens is 196 g/mol. The average Bonchev–Trinajstić information content (AvgIpc) is 2.66. The number of rotatable bonds is 5. The third-order valence-electron chi connectivity index (χ3n) is 2.20. The molecular formula is C10H16N2O3. The van der Waals surface area contributed by atoms with E-state index >= 15 is 0 Å². The van der Waals surface area contributed by atoms with Crippen molar-refractivity contribution >= 4 is 11.8 Å². The maximum absolute atomic E-state index is 11.2. The summed E-state index contributed by atoms with van der Waals surface area (Å²) < 4.78 is 5.34. The van der Waals surface area contributed by atoms with E-state index in [4.69, 9.17) is 11.7 Å². The van der Waals surface area contributed by atoms with Crippen LogP contribution in [-0.4, -0.2) is 37.6 Å². The van der Waals surface area contributed by atoms with Crippen molar-refractivity contribution in [2.75, 3.05) is 19.7 Å². The standard InChI is InChI=1S/C10H16N2O3/c1-8(13)11-5-4-10(14)12-7-9-3-2-6-15-9/h1,9H,2-7H2,(H,11,13)(H,12,14). The van der Waals surface area contributed by atoms with Gasteiger partial charge in [-0.1, -0.05) is 0 Å². The highest BCUT2D eigenvalue weighted by Gasteiger charge is 2.15. The minimum absolute atomic E-state index is 0.0979. The number of amides is 2. The molecule has 1 saturated heterocycles. The normalized spacial score (nSPS) is 19.9. The van der Waals surface area contributed by atoms with E-state index in [1.165, 1.54) is 0 Å². The second-order valence-electron chi connectivity index (χ2n) is 3.48. The summed E-state index contributed by atoms with van der Waals surface area (Å²) in [4.78, 5) is 21.5. The Bertz CT molecular complexity index is 225. The lowest BCUT2D eigenvalue weighted by atomic mass is 10.2. The van der Waals surface area contributed by atoms with Crippen LogP contribution in [0.1, 0.15) is 19.3 Å². The summed E-state index contributed by atoms with van der Waals surface area (Å²) in [6, 6.07) is 0. The van der Waals surface area contributed by atoms with Gasteiger partial charge in [-0.25, -0.2) is 0 Å². The largest absolute Gasteiger partial charge is 0.376 e. The van der Waals surface area contributed by atoms with Gasteiger partial charge in [0.25, 0.3) is 0 Å². The number of hydrogen-bond donors (Lipinski definition) is 2. The van der Waals surface area contributed by atoms with E-state index in [2.05, 4.69) is 10.6 Å². The van der Waals surface area contributed by atoms with Gasteiger partial charge in [0.2, 0.25) is 11.8 Å². The predicted molar refractivity (Wildman–Crippen MR) is 53.9 cm³/mol. The van der Waals surface area contributed by atoms with Crippen LogP contribution in [0.2, 0.25) is 0 Å². The molecule has 1 atom stereocenters. The molecule has 1 heterocycles. The number of hydrogen-bond acceptors (Lipinski definition) is 3. The Morgan fingerprint density at radius 3 is 2.80 bits per heavy atom. The zero-order chi connectivity index (χ0) is 11.1. The third kappa shape index (κ3) is 5.37. The highest BCUT2D eigenvalue weighted by Crippen LogP contribution is 2.10. The molecule has 15 heavy (non-hydrogen) atoms. The van der Waals surface area contributed by atoms with E-state index in [0.717, 1.165) is 19.4 Å². The van der Waals surface area contributed by atoms with Gasteiger partial charge in [0.05, 0.1) is 13.0 Å². The van der Waals surface area contributed by atoms with Crippen molar-refractivity contribution in [1.82, 2.24) is 10.6 Å². The molecule has 0 aliphatic carbocycles.